The van der Waals surface area contributed by atoms with Crippen LogP contribution in [0.4, 0.5) is 5.69 Å². The lowest BCUT2D eigenvalue weighted by Gasteiger charge is -2.20. The molecular weight excluding hydrogens is 438 g/mol. The maximum absolute atomic E-state index is 13.0. The third-order valence-corrected chi connectivity index (χ3v) is 6.05. The molecule has 2 aromatic heterocycles. The molecule has 1 fully saturated rings. The number of hydrogen-bond donors (Lipinski definition) is 0. The highest BCUT2D eigenvalue weighted by Gasteiger charge is 2.35. The van der Waals surface area contributed by atoms with Crippen LogP contribution >= 0.6 is 24.0 Å². The number of furan rings is 1. The van der Waals surface area contributed by atoms with E-state index < -0.39 is 4.92 Å². The highest BCUT2D eigenvalue weighted by atomic mass is 32.2. The Kier molecular flexibility index (Phi) is 5.42. The van der Waals surface area contributed by atoms with Gasteiger partial charge in [0.05, 0.1) is 28.6 Å². The zero-order chi connectivity index (χ0) is 22.3. The number of aromatic nitrogens is 1. The van der Waals surface area contributed by atoms with Crippen LogP contribution in [0.15, 0.2) is 51.8 Å². The van der Waals surface area contributed by atoms with Gasteiger partial charge in [-0.1, -0.05) is 11.8 Å². The summed E-state index contributed by atoms with van der Waals surface area (Å²) in [5.41, 5.74) is 2.30. The summed E-state index contributed by atoms with van der Waals surface area (Å²) in [6.07, 6.45) is 1.63. The van der Waals surface area contributed by atoms with Gasteiger partial charge in [-0.15, -0.1) is 0 Å². The fourth-order valence-electron chi connectivity index (χ4n) is 3.31. The second kappa shape index (κ2) is 8.05. The van der Waals surface area contributed by atoms with Gasteiger partial charge in [-0.3, -0.25) is 19.6 Å². The first kappa shape index (κ1) is 20.9. The topological polar surface area (TPSA) is 90.8 Å². The van der Waals surface area contributed by atoms with Crippen molar-refractivity contribution in [2.75, 3.05) is 12.1 Å². The van der Waals surface area contributed by atoms with E-state index in [4.69, 9.17) is 21.4 Å². The van der Waals surface area contributed by atoms with Crippen molar-refractivity contribution in [1.82, 2.24) is 4.68 Å². The van der Waals surface area contributed by atoms with Gasteiger partial charge < -0.3 is 9.15 Å². The summed E-state index contributed by atoms with van der Waals surface area (Å²) in [7, 11) is 1.43. The molecule has 0 N–H and O–H groups in total. The van der Waals surface area contributed by atoms with Crippen molar-refractivity contribution in [1.29, 1.82) is 0 Å². The highest BCUT2D eigenvalue weighted by molar-refractivity contribution is 8.27. The van der Waals surface area contributed by atoms with Crippen molar-refractivity contribution < 1.29 is 18.9 Å². The predicted octanol–water partition coefficient (Wildman–Crippen LogP) is 4.82. The molecule has 0 bridgehead atoms. The van der Waals surface area contributed by atoms with Crippen LogP contribution in [0, 0.1) is 24.0 Å². The van der Waals surface area contributed by atoms with Crippen molar-refractivity contribution in [3.05, 3.63) is 74.6 Å². The molecule has 1 aliphatic rings. The molecule has 1 aliphatic heterocycles. The first-order valence-electron chi connectivity index (χ1n) is 9.16. The van der Waals surface area contributed by atoms with E-state index in [9.17, 15) is 14.9 Å². The molecule has 4 rings (SSSR count). The molecule has 8 nitrogen and oxygen atoms in total. The van der Waals surface area contributed by atoms with Gasteiger partial charge in [0.2, 0.25) is 0 Å². The third-order valence-electron chi connectivity index (χ3n) is 4.77. The van der Waals surface area contributed by atoms with Gasteiger partial charge in [-0.2, -0.15) is 5.01 Å². The zero-order valence-electron chi connectivity index (χ0n) is 16.8. The number of rotatable bonds is 5. The van der Waals surface area contributed by atoms with Crippen LogP contribution in [0.25, 0.3) is 17.4 Å². The number of thiocarbonyl (C=S) groups is 1. The Morgan fingerprint density at radius 1 is 1.16 bits per heavy atom. The number of amides is 1. The first-order chi connectivity index (χ1) is 14.8. The molecule has 0 aliphatic carbocycles. The van der Waals surface area contributed by atoms with Gasteiger partial charge in [-0.25, -0.2) is 0 Å². The first-order valence-corrected chi connectivity index (χ1v) is 10.4. The normalized spacial score (nSPS) is 15.2. The number of aryl methyl sites for hydroxylation is 2. The number of methoxy groups -OCH3 is 1. The summed E-state index contributed by atoms with van der Waals surface area (Å²) in [5, 5.41) is 12.5. The maximum Gasteiger partial charge on any atom is 0.285 e. The van der Waals surface area contributed by atoms with E-state index in [0.717, 1.165) is 11.4 Å². The summed E-state index contributed by atoms with van der Waals surface area (Å²) in [4.78, 5) is 23.9. The summed E-state index contributed by atoms with van der Waals surface area (Å²) < 4.78 is 13.4. The molecule has 0 unspecified atom stereocenters. The molecule has 1 aromatic carbocycles. The number of non-ortho nitro benzene ring substituents is 1. The minimum atomic E-state index is -0.490. The Morgan fingerprint density at radius 2 is 1.87 bits per heavy atom. The zero-order valence-corrected chi connectivity index (χ0v) is 18.5. The number of nitrogens with zero attached hydrogens (tertiary/aromatic N) is 3. The maximum atomic E-state index is 13.0. The number of benzene rings is 1. The van der Waals surface area contributed by atoms with E-state index in [-0.39, 0.29) is 11.6 Å². The average Bonchev–Trinajstić information content (AvgIpc) is 3.41. The predicted molar refractivity (Wildman–Crippen MR) is 123 cm³/mol. The van der Waals surface area contributed by atoms with E-state index in [1.807, 2.05) is 26.0 Å². The van der Waals surface area contributed by atoms with Crippen LogP contribution in [0.3, 0.4) is 0 Å². The Labute approximate surface area is 187 Å². The Morgan fingerprint density at radius 3 is 2.52 bits per heavy atom. The summed E-state index contributed by atoms with van der Waals surface area (Å²) in [5.74, 6) is 1.01. The molecule has 31 heavy (non-hydrogen) atoms. The van der Waals surface area contributed by atoms with Crippen LogP contribution in [-0.2, 0) is 4.79 Å². The number of carbonyl (C=O) groups is 1. The van der Waals surface area contributed by atoms with Gasteiger partial charge in [0.25, 0.3) is 11.6 Å². The number of nitro benzene ring substituents is 1. The molecular formula is C21H17N3O5S2. The van der Waals surface area contributed by atoms with E-state index in [1.165, 1.54) is 36.0 Å². The number of hydrogen-bond acceptors (Lipinski definition) is 7. The molecule has 10 heteroatoms. The van der Waals surface area contributed by atoms with Crippen LogP contribution in [0.5, 0.6) is 5.75 Å². The number of ether oxygens (including phenoxy) is 1. The van der Waals surface area contributed by atoms with Gasteiger partial charge in [-0.05, 0) is 56.4 Å². The van der Waals surface area contributed by atoms with E-state index in [2.05, 4.69) is 0 Å². The smallest absolute Gasteiger partial charge is 0.285 e. The number of thioether (sulfide) groups is 1. The van der Waals surface area contributed by atoms with Crippen LogP contribution < -0.4 is 9.75 Å². The SMILES string of the molecule is COc1cc([N+](=O)[O-])ccc1-c1ccc(/C=C2/SC(=S)N(n3c(C)ccc3C)C2=O)o1. The molecule has 0 atom stereocenters. The Hall–Kier alpha value is -3.37. The molecule has 158 valence electrons. The summed E-state index contributed by atoms with van der Waals surface area (Å²) in [6.45, 7) is 3.82. The van der Waals surface area contributed by atoms with Crippen molar-refractivity contribution in [3.8, 4) is 17.1 Å². The average molecular weight is 456 g/mol. The minimum Gasteiger partial charge on any atom is -0.496 e. The lowest BCUT2D eigenvalue weighted by molar-refractivity contribution is -0.384. The van der Waals surface area contributed by atoms with Gasteiger partial charge in [0, 0.05) is 23.5 Å². The van der Waals surface area contributed by atoms with Gasteiger partial charge >= 0.3 is 0 Å². The Bertz CT molecular complexity index is 1240. The van der Waals surface area contributed by atoms with E-state index in [1.54, 1.807) is 29.0 Å². The lowest BCUT2D eigenvalue weighted by atomic mass is 10.1. The highest BCUT2D eigenvalue weighted by Crippen LogP contribution is 2.36. The molecule has 1 saturated heterocycles. The van der Waals surface area contributed by atoms with Crippen molar-refractivity contribution in [3.63, 3.8) is 0 Å². The Balaban J connectivity index is 1.64. The van der Waals surface area contributed by atoms with Gasteiger partial charge in [0.1, 0.15) is 17.3 Å². The fourth-order valence-corrected chi connectivity index (χ4v) is 4.53. The second-order valence-corrected chi connectivity index (χ2v) is 8.44. The molecule has 0 radical (unpaired) electrons. The van der Waals surface area contributed by atoms with Crippen LogP contribution in [-0.4, -0.2) is 26.9 Å². The minimum absolute atomic E-state index is 0.0772. The van der Waals surface area contributed by atoms with Crippen molar-refractivity contribution in [2.45, 2.75) is 13.8 Å². The largest absolute Gasteiger partial charge is 0.496 e. The van der Waals surface area contributed by atoms with Gasteiger partial charge in [0.15, 0.2) is 4.32 Å². The monoisotopic (exact) mass is 455 g/mol. The van der Waals surface area contributed by atoms with Crippen LogP contribution in [0.1, 0.15) is 17.1 Å². The standard InChI is InChI=1S/C21H17N3O5S2/c1-12-4-5-13(2)22(12)23-20(25)19(31-21(23)30)11-15-7-9-17(29-15)16-8-6-14(24(26)27)10-18(16)28-3/h4-11H,1-3H3/b19-11+. The molecule has 3 heterocycles. The molecule has 3 aromatic rings. The fraction of sp³-hybridized carbons (Fsp3) is 0.143. The van der Waals surface area contributed by atoms with Crippen LogP contribution in [0.2, 0.25) is 0 Å². The van der Waals surface area contributed by atoms with E-state index >= 15 is 0 Å². The summed E-state index contributed by atoms with van der Waals surface area (Å²) in [6, 6.07) is 11.6. The molecule has 0 saturated carbocycles. The number of nitro groups is 1. The summed E-state index contributed by atoms with van der Waals surface area (Å²) >= 11 is 6.63. The molecule has 1 amide bonds. The quantitative estimate of drug-likeness (QED) is 0.236. The lowest BCUT2D eigenvalue weighted by Crippen LogP contribution is -2.39. The van der Waals surface area contributed by atoms with Crippen molar-refractivity contribution >= 4 is 46.0 Å². The van der Waals surface area contributed by atoms with E-state index in [0.29, 0.717) is 32.1 Å². The second-order valence-electron chi connectivity index (χ2n) is 6.77. The molecule has 0 spiro atoms. The van der Waals surface area contributed by atoms with Crippen molar-refractivity contribution in [2.24, 2.45) is 0 Å². The number of carbonyl (C=O) groups excluding carboxylic acids is 1. The third kappa shape index (κ3) is 3.75.